The second-order valence-electron chi connectivity index (χ2n) is 20.0. The summed E-state index contributed by atoms with van der Waals surface area (Å²) in [4.78, 5) is 16.3. The van der Waals surface area contributed by atoms with E-state index in [1.165, 1.54) is 27.8 Å². The van der Waals surface area contributed by atoms with Crippen molar-refractivity contribution in [1.82, 2.24) is 24.1 Å². The van der Waals surface area contributed by atoms with E-state index in [2.05, 4.69) is 223 Å². The molecule has 0 atom stereocenters. The van der Waals surface area contributed by atoms with Crippen LogP contribution in [0.5, 0.6) is 0 Å². The van der Waals surface area contributed by atoms with Gasteiger partial charge in [-0.2, -0.15) is 5.26 Å². The molecule has 0 aliphatic rings. The number of hydrogen-bond donors (Lipinski definition) is 0. The molecule has 14 rings (SSSR count). The van der Waals surface area contributed by atoms with Gasteiger partial charge in [-0.1, -0.05) is 188 Å². The summed E-state index contributed by atoms with van der Waals surface area (Å²) in [5.41, 5.74) is 20.6. The molecule has 0 N–H and O–H groups in total. The lowest BCUT2D eigenvalue weighted by molar-refractivity contribution is 1.06. The molecule has 0 saturated heterocycles. The highest BCUT2D eigenvalue weighted by molar-refractivity contribution is 6.13. The zero-order chi connectivity index (χ0) is 52.3. The summed E-state index contributed by atoms with van der Waals surface area (Å²) in [6.07, 6.45) is 0. The van der Waals surface area contributed by atoms with Crippen LogP contribution in [-0.2, 0) is 0 Å². The van der Waals surface area contributed by atoms with E-state index in [0.717, 1.165) is 99.5 Å². The molecule has 0 unspecified atom stereocenters. The number of nitriles is 1. The summed E-state index contributed by atoms with van der Waals surface area (Å²) in [5, 5.41) is 14.5. The molecule has 6 nitrogen and oxygen atoms in total. The molecule has 14 aromatic rings. The van der Waals surface area contributed by atoms with Crippen molar-refractivity contribution >= 4 is 43.6 Å². The number of rotatable bonds is 9. The van der Waals surface area contributed by atoms with E-state index in [0.29, 0.717) is 23.0 Å². The molecule has 0 fully saturated rings. The topological polar surface area (TPSA) is 72.3 Å². The van der Waals surface area contributed by atoms with E-state index >= 15 is 0 Å². The molecule has 11 aromatic carbocycles. The van der Waals surface area contributed by atoms with Crippen LogP contribution in [0.15, 0.2) is 255 Å². The fraction of sp³-hybridized carbons (Fsp3) is 0.0278. The number of nitrogens with zero attached hydrogens (tertiary/aromatic N) is 6. The maximum absolute atomic E-state index is 9.87. The van der Waals surface area contributed by atoms with E-state index in [4.69, 9.17) is 15.0 Å². The molecule has 0 spiro atoms. The van der Waals surface area contributed by atoms with Crippen LogP contribution in [0, 0.1) is 25.2 Å². The average molecular weight is 997 g/mol. The van der Waals surface area contributed by atoms with Gasteiger partial charge in [-0.3, -0.25) is 0 Å². The molecule has 0 aliphatic heterocycles. The lowest BCUT2D eigenvalue weighted by Gasteiger charge is -2.21. The Hall–Kier alpha value is -10.5. The summed E-state index contributed by atoms with van der Waals surface area (Å²) in [6.45, 7) is 4.35. The van der Waals surface area contributed by atoms with Crippen molar-refractivity contribution in [1.29, 1.82) is 5.26 Å². The minimum atomic E-state index is 0.538. The Morgan fingerprint density at radius 3 is 1.31 bits per heavy atom. The second-order valence-corrected chi connectivity index (χ2v) is 20.0. The molecule has 3 aromatic heterocycles. The van der Waals surface area contributed by atoms with Crippen molar-refractivity contribution in [2.45, 2.75) is 13.8 Å². The Labute approximate surface area is 452 Å². The van der Waals surface area contributed by atoms with Crippen LogP contribution in [0.25, 0.3) is 134 Å². The van der Waals surface area contributed by atoms with Crippen LogP contribution in [0.1, 0.15) is 16.7 Å². The van der Waals surface area contributed by atoms with Gasteiger partial charge in [0, 0.05) is 38.2 Å². The van der Waals surface area contributed by atoms with E-state index in [-0.39, 0.29) is 0 Å². The van der Waals surface area contributed by atoms with E-state index < -0.39 is 0 Å². The minimum absolute atomic E-state index is 0.538. The Balaban J connectivity index is 1.11. The first kappa shape index (κ1) is 46.1. The molecule has 0 amide bonds. The van der Waals surface area contributed by atoms with Gasteiger partial charge in [0.05, 0.1) is 50.6 Å². The SMILES string of the molecule is Cc1ccccc1-c1ccc2c(c1)c1ccccc1n2-c1ccc(-c2ccc(C#N)cc2)cc1-c1cccc(-n2c3ccccc3c3cc(-c4ccccc4C)ccc32)c1-c1nc(-c2ccccc2)nc(-c2ccccc2)n1. The van der Waals surface area contributed by atoms with Gasteiger partial charge in [0.15, 0.2) is 17.5 Å². The smallest absolute Gasteiger partial charge is 0.166 e. The number of benzene rings is 11. The molecular formula is C72H48N6. The standard InChI is InChI=1S/C72H48N6/c1-46-18-9-11-24-55(46)53-37-40-65-60(43-53)57-26-13-15-29-63(57)77(65)67-39-36-52(49-34-32-48(45-73)33-35-49)42-62(67)59-28-17-31-68(69(59)72-75-70(50-20-5-3-6-21-50)74-71(76-72)51-22-7-4-8-23-51)78-64-30-16-14-27-58(64)61-44-54(38-41-66(61)78)56-25-12-10-19-47(56)2/h3-44H,1-2H3. The quantitative estimate of drug-likeness (QED) is 0.144. The minimum Gasteiger partial charge on any atom is -0.309 e. The van der Waals surface area contributed by atoms with E-state index in [9.17, 15) is 5.26 Å². The van der Waals surface area contributed by atoms with Crippen LogP contribution in [0.2, 0.25) is 0 Å². The third kappa shape index (κ3) is 7.84. The van der Waals surface area contributed by atoms with Crippen molar-refractivity contribution in [2.24, 2.45) is 0 Å². The highest BCUT2D eigenvalue weighted by Crippen LogP contribution is 2.46. The molecule has 3 heterocycles. The number of aromatic nitrogens is 5. The van der Waals surface area contributed by atoms with Gasteiger partial charge in [-0.15, -0.1) is 0 Å². The molecule has 0 saturated carbocycles. The predicted octanol–water partition coefficient (Wildman–Crippen LogP) is 18.2. The normalized spacial score (nSPS) is 11.4. The Bertz CT molecular complexity index is 4640. The molecule has 6 heteroatoms. The second kappa shape index (κ2) is 19.0. The fourth-order valence-corrected chi connectivity index (χ4v) is 11.6. The van der Waals surface area contributed by atoms with Gasteiger partial charge in [-0.05, 0) is 131 Å². The first-order valence-electron chi connectivity index (χ1n) is 26.3. The molecule has 0 bridgehead atoms. The summed E-state index contributed by atoms with van der Waals surface area (Å²) < 4.78 is 4.82. The molecule has 366 valence electrons. The van der Waals surface area contributed by atoms with Crippen molar-refractivity contribution in [3.63, 3.8) is 0 Å². The summed E-state index contributed by atoms with van der Waals surface area (Å²) >= 11 is 0. The van der Waals surface area contributed by atoms with Crippen LogP contribution in [0.4, 0.5) is 0 Å². The monoisotopic (exact) mass is 996 g/mol. The van der Waals surface area contributed by atoms with Gasteiger partial charge in [-0.25, -0.2) is 15.0 Å². The Kier molecular flexibility index (Phi) is 11.2. The molecular weight excluding hydrogens is 949 g/mol. The van der Waals surface area contributed by atoms with Crippen LogP contribution in [0.3, 0.4) is 0 Å². The van der Waals surface area contributed by atoms with Crippen LogP contribution in [-0.4, -0.2) is 24.1 Å². The lowest BCUT2D eigenvalue weighted by atomic mass is 9.92. The van der Waals surface area contributed by atoms with E-state index in [1.807, 2.05) is 60.7 Å². The maximum Gasteiger partial charge on any atom is 0.166 e. The highest BCUT2D eigenvalue weighted by atomic mass is 15.1. The highest BCUT2D eigenvalue weighted by Gasteiger charge is 2.26. The first-order chi connectivity index (χ1) is 38.5. The van der Waals surface area contributed by atoms with Crippen molar-refractivity contribution in [3.05, 3.63) is 271 Å². The van der Waals surface area contributed by atoms with Crippen molar-refractivity contribution in [3.8, 4) is 96.1 Å². The molecule has 78 heavy (non-hydrogen) atoms. The first-order valence-corrected chi connectivity index (χ1v) is 26.3. The van der Waals surface area contributed by atoms with Gasteiger partial charge in [0.25, 0.3) is 0 Å². The van der Waals surface area contributed by atoms with E-state index in [1.54, 1.807) is 0 Å². The van der Waals surface area contributed by atoms with Gasteiger partial charge < -0.3 is 9.13 Å². The number of para-hydroxylation sites is 2. The number of fused-ring (bicyclic) bond motifs is 6. The average Bonchev–Trinajstić information content (AvgIpc) is 4.16. The zero-order valence-corrected chi connectivity index (χ0v) is 42.9. The fourth-order valence-electron chi connectivity index (χ4n) is 11.6. The van der Waals surface area contributed by atoms with Crippen molar-refractivity contribution < 1.29 is 0 Å². The van der Waals surface area contributed by atoms with Crippen molar-refractivity contribution in [2.75, 3.05) is 0 Å². The third-order valence-electron chi connectivity index (χ3n) is 15.3. The van der Waals surface area contributed by atoms with Gasteiger partial charge in [0.2, 0.25) is 0 Å². The molecule has 0 radical (unpaired) electrons. The summed E-state index contributed by atoms with van der Waals surface area (Å²) in [7, 11) is 0. The number of hydrogen-bond acceptors (Lipinski definition) is 4. The molecule has 0 aliphatic carbocycles. The van der Waals surface area contributed by atoms with Gasteiger partial charge >= 0.3 is 0 Å². The Morgan fingerprint density at radius 1 is 0.308 bits per heavy atom. The van der Waals surface area contributed by atoms with Gasteiger partial charge in [0.1, 0.15) is 0 Å². The van der Waals surface area contributed by atoms with Crippen LogP contribution >= 0.6 is 0 Å². The zero-order valence-electron chi connectivity index (χ0n) is 42.9. The summed E-state index contributed by atoms with van der Waals surface area (Å²) in [5.74, 6) is 1.68. The summed E-state index contributed by atoms with van der Waals surface area (Å²) in [6, 6.07) is 92.3. The maximum atomic E-state index is 9.87. The Morgan fingerprint density at radius 2 is 0.756 bits per heavy atom. The number of aryl methyl sites for hydroxylation is 2. The van der Waals surface area contributed by atoms with Crippen LogP contribution < -0.4 is 0 Å². The third-order valence-corrected chi connectivity index (χ3v) is 15.3. The lowest BCUT2D eigenvalue weighted by Crippen LogP contribution is -2.06. The predicted molar refractivity (Wildman–Crippen MR) is 321 cm³/mol. The largest absolute Gasteiger partial charge is 0.309 e.